The molecule has 0 spiro atoms. The van der Waals surface area contributed by atoms with E-state index in [9.17, 15) is 4.79 Å². The number of benzene rings is 2. The molecule has 0 atom stereocenters. The van der Waals surface area contributed by atoms with Crippen LogP contribution >= 0.6 is 11.8 Å². The first-order valence-corrected chi connectivity index (χ1v) is 9.21. The smallest absolute Gasteiger partial charge is 0.257 e. The van der Waals surface area contributed by atoms with Crippen molar-refractivity contribution in [2.75, 3.05) is 5.75 Å². The summed E-state index contributed by atoms with van der Waals surface area (Å²) in [5, 5.41) is 0.523. The van der Waals surface area contributed by atoms with E-state index in [0.717, 1.165) is 22.6 Å². The van der Waals surface area contributed by atoms with E-state index in [1.165, 1.54) is 11.8 Å². The normalized spacial score (nSPS) is 11.5. The highest BCUT2D eigenvalue weighted by molar-refractivity contribution is 7.99. The van der Waals surface area contributed by atoms with E-state index >= 15 is 0 Å². The van der Waals surface area contributed by atoms with E-state index in [2.05, 4.69) is 4.98 Å². The molecule has 0 amide bonds. The second kappa shape index (κ2) is 7.28. The van der Waals surface area contributed by atoms with Crippen LogP contribution in [-0.4, -0.2) is 16.5 Å². The Morgan fingerprint density at radius 2 is 1.52 bits per heavy atom. The van der Waals surface area contributed by atoms with Crippen LogP contribution in [0.25, 0.3) is 22.6 Å². The molecule has 0 saturated heterocycles. The van der Waals surface area contributed by atoms with Gasteiger partial charge < -0.3 is 4.42 Å². The molecule has 0 aliphatic carbocycles. The van der Waals surface area contributed by atoms with Gasteiger partial charge in [-0.1, -0.05) is 93.2 Å². The summed E-state index contributed by atoms with van der Waals surface area (Å²) in [6.45, 7) is 5.78. The maximum Gasteiger partial charge on any atom is 0.257 e. The lowest BCUT2D eigenvalue weighted by atomic mass is 9.92. The highest BCUT2D eigenvalue weighted by atomic mass is 32.2. The van der Waals surface area contributed by atoms with Crippen LogP contribution < -0.4 is 0 Å². The monoisotopic (exact) mass is 351 g/mol. The Bertz CT molecular complexity index is 792. The first kappa shape index (κ1) is 17.5. The second-order valence-corrected chi connectivity index (χ2v) is 7.78. The van der Waals surface area contributed by atoms with Crippen LogP contribution in [0.1, 0.15) is 20.8 Å². The molecule has 0 fully saturated rings. The van der Waals surface area contributed by atoms with Crippen molar-refractivity contribution in [3.05, 3.63) is 60.7 Å². The predicted molar refractivity (Wildman–Crippen MR) is 103 cm³/mol. The molecule has 0 aliphatic heterocycles. The third-order valence-corrected chi connectivity index (χ3v) is 4.68. The minimum atomic E-state index is -0.357. The van der Waals surface area contributed by atoms with Gasteiger partial charge in [-0.3, -0.25) is 4.79 Å². The van der Waals surface area contributed by atoms with Crippen molar-refractivity contribution in [1.29, 1.82) is 0 Å². The van der Waals surface area contributed by atoms with Crippen LogP contribution in [0.5, 0.6) is 0 Å². The minimum Gasteiger partial charge on any atom is -0.431 e. The fourth-order valence-electron chi connectivity index (χ4n) is 2.28. The number of Topliss-reactive ketones (excluding diaryl/α,β-unsaturated/α-hetero) is 1. The van der Waals surface area contributed by atoms with Crippen molar-refractivity contribution < 1.29 is 9.21 Å². The average Bonchev–Trinajstić information content (AvgIpc) is 3.04. The fourth-order valence-corrected chi connectivity index (χ4v) is 3.27. The lowest BCUT2D eigenvalue weighted by molar-refractivity contribution is -0.123. The Balaban J connectivity index is 1.94. The molecule has 1 heterocycles. The standard InChI is InChI=1S/C21H21NO2S/c1-21(2,3)17(23)14-25-20-22-18(15-10-6-4-7-11-15)19(24-20)16-12-8-5-9-13-16/h4-13H,14H2,1-3H3. The van der Waals surface area contributed by atoms with E-state index in [4.69, 9.17) is 4.42 Å². The Morgan fingerprint density at radius 3 is 2.08 bits per heavy atom. The highest BCUT2D eigenvalue weighted by Crippen LogP contribution is 2.35. The van der Waals surface area contributed by atoms with Crippen molar-refractivity contribution in [3.8, 4) is 22.6 Å². The van der Waals surface area contributed by atoms with Crippen molar-refractivity contribution in [2.45, 2.75) is 26.0 Å². The largest absolute Gasteiger partial charge is 0.431 e. The van der Waals surface area contributed by atoms with E-state index in [1.807, 2.05) is 81.4 Å². The van der Waals surface area contributed by atoms with E-state index < -0.39 is 0 Å². The number of hydrogen-bond acceptors (Lipinski definition) is 4. The molecule has 0 unspecified atom stereocenters. The van der Waals surface area contributed by atoms with Gasteiger partial charge in [-0.2, -0.15) is 0 Å². The first-order valence-electron chi connectivity index (χ1n) is 8.23. The third kappa shape index (κ3) is 4.20. The number of rotatable bonds is 5. The Kier molecular flexibility index (Phi) is 5.09. The molecule has 0 bridgehead atoms. The molecule has 0 N–H and O–H groups in total. The maximum absolute atomic E-state index is 12.2. The zero-order valence-corrected chi connectivity index (χ0v) is 15.5. The van der Waals surface area contributed by atoms with Gasteiger partial charge >= 0.3 is 0 Å². The van der Waals surface area contributed by atoms with Gasteiger partial charge in [0.2, 0.25) is 0 Å². The molecule has 2 aromatic carbocycles. The summed E-state index contributed by atoms with van der Waals surface area (Å²) in [6.07, 6.45) is 0. The quantitative estimate of drug-likeness (QED) is 0.552. The molecule has 3 rings (SSSR count). The van der Waals surface area contributed by atoms with Gasteiger partial charge in [0.15, 0.2) is 5.76 Å². The number of aromatic nitrogens is 1. The zero-order chi connectivity index (χ0) is 17.9. The van der Waals surface area contributed by atoms with Crippen molar-refractivity contribution in [2.24, 2.45) is 5.41 Å². The third-order valence-electron chi connectivity index (χ3n) is 3.85. The summed E-state index contributed by atoms with van der Waals surface area (Å²) < 4.78 is 6.02. The maximum atomic E-state index is 12.2. The van der Waals surface area contributed by atoms with Crippen molar-refractivity contribution >= 4 is 17.5 Å². The van der Waals surface area contributed by atoms with Crippen LogP contribution in [0.2, 0.25) is 0 Å². The average molecular weight is 351 g/mol. The van der Waals surface area contributed by atoms with Crippen molar-refractivity contribution in [1.82, 2.24) is 4.98 Å². The predicted octanol–water partition coefficient (Wildman–Crippen LogP) is 5.72. The molecule has 3 aromatic rings. The van der Waals surface area contributed by atoms with E-state index in [0.29, 0.717) is 11.0 Å². The molecule has 128 valence electrons. The van der Waals surface area contributed by atoms with E-state index in [-0.39, 0.29) is 11.2 Å². The second-order valence-electron chi connectivity index (χ2n) is 6.85. The molecule has 0 saturated carbocycles. The summed E-state index contributed by atoms with van der Waals surface area (Å²) in [5.74, 6) is 1.27. The molecular formula is C21H21NO2S. The summed E-state index contributed by atoms with van der Waals surface area (Å²) in [6, 6.07) is 19.9. The lowest BCUT2D eigenvalue weighted by Gasteiger charge is -2.14. The van der Waals surface area contributed by atoms with Gasteiger partial charge in [0.25, 0.3) is 5.22 Å². The summed E-state index contributed by atoms with van der Waals surface area (Å²) in [4.78, 5) is 16.8. The van der Waals surface area contributed by atoms with Gasteiger partial charge in [0.1, 0.15) is 11.5 Å². The van der Waals surface area contributed by atoms with Crippen LogP contribution in [0.4, 0.5) is 0 Å². The Labute approximate surface area is 152 Å². The number of oxazole rings is 1. The van der Waals surface area contributed by atoms with Crippen LogP contribution in [0.3, 0.4) is 0 Å². The molecule has 1 aromatic heterocycles. The summed E-state index contributed by atoms with van der Waals surface area (Å²) in [7, 11) is 0. The molecule has 25 heavy (non-hydrogen) atoms. The van der Waals surface area contributed by atoms with Gasteiger partial charge in [-0.05, 0) is 0 Å². The molecule has 0 radical (unpaired) electrons. The number of carbonyl (C=O) groups is 1. The number of hydrogen-bond donors (Lipinski definition) is 0. The van der Waals surface area contributed by atoms with Crippen LogP contribution in [0.15, 0.2) is 70.3 Å². The van der Waals surface area contributed by atoms with Crippen LogP contribution in [-0.2, 0) is 4.79 Å². The van der Waals surface area contributed by atoms with Gasteiger partial charge in [0, 0.05) is 16.5 Å². The lowest BCUT2D eigenvalue weighted by Crippen LogP contribution is -2.21. The molecule has 3 nitrogen and oxygen atoms in total. The highest BCUT2D eigenvalue weighted by Gasteiger charge is 2.23. The Hall–Kier alpha value is -2.33. The van der Waals surface area contributed by atoms with E-state index in [1.54, 1.807) is 0 Å². The molecule has 4 heteroatoms. The number of nitrogens with zero attached hydrogens (tertiary/aromatic N) is 1. The number of ketones is 1. The van der Waals surface area contributed by atoms with Gasteiger partial charge in [-0.15, -0.1) is 0 Å². The fraction of sp³-hybridized carbons (Fsp3) is 0.238. The minimum absolute atomic E-state index is 0.179. The van der Waals surface area contributed by atoms with Gasteiger partial charge in [-0.25, -0.2) is 4.98 Å². The zero-order valence-electron chi connectivity index (χ0n) is 14.7. The first-order chi connectivity index (χ1) is 11.9. The summed E-state index contributed by atoms with van der Waals surface area (Å²) >= 11 is 1.35. The number of carbonyl (C=O) groups excluding carboxylic acids is 1. The summed E-state index contributed by atoms with van der Waals surface area (Å²) in [5.41, 5.74) is 2.42. The number of thioether (sulfide) groups is 1. The Morgan fingerprint density at radius 1 is 0.960 bits per heavy atom. The topological polar surface area (TPSA) is 43.1 Å². The van der Waals surface area contributed by atoms with Gasteiger partial charge in [0.05, 0.1) is 5.75 Å². The van der Waals surface area contributed by atoms with Crippen molar-refractivity contribution in [3.63, 3.8) is 0 Å². The van der Waals surface area contributed by atoms with Crippen LogP contribution in [0, 0.1) is 5.41 Å². The molecular weight excluding hydrogens is 330 g/mol. The SMILES string of the molecule is CC(C)(C)C(=O)CSc1nc(-c2ccccc2)c(-c2ccccc2)o1. The molecule has 0 aliphatic rings.